The van der Waals surface area contributed by atoms with Crippen LogP contribution in [0, 0.1) is 0 Å². The Morgan fingerprint density at radius 2 is 1.39 bits per heavy atom. The standard InChI is InChI=1S/C23H27NO4/c1-5-27-21(25)19(16-24-22(26)28-23(2,3)4)20(17-12-8-6-9-13-17)18-14-10-7-11-15-18/h6-15H,5,16H2,1-4H3,(H,24,26). The summed E-state index contributed by atoms with van der Waals surface area (Å²) >= 11 is 0. The Balaban J connectivity index is 2.49. The third-order valence-corrected chi connectivity index (χ3v) is 3.76. The van der Waals surface area contributed by atoms with Crippen molar-refractivity contribution < 1.29 is 19.1 Å². The second-order valence-corrected chi connectivity index (χ2v) is 7.16. The SMILES string of the molecule is CCOC(=O)C(CNC(=O)OC(C)(C)C)=C(c1ccccc1)c1ccccc1. The molecule has 28 heavy (non-hydrogen) atoms. The number of amides is 1. The summed E-state index contributed by atoms with van der Waals surface area (Å²) in [5.74, 6) is -0.471. The van der Waals surface area contributed by atoms with Gasteiger partial charge in [0.1, 0.15) is 5.60 Å². The van der Waals surface area contributed by atoms with Crippen LogP contribution in [0.4, 0.5) is 4.79 Å². The molecule has 0 aliphatic heterocycles. The van der Waals surface area contributed by atoms with Crippen molar-refractivity contribution in [2.75, 3.05) is 13.2 Å². The minimum absolute atomic E-state index is 0.00707. The minimum atomic E-state index is -0.625. The van der Waals surface area contributed by atoms with Gasteiger partial charge in [-0.05, 0) is 38.8 Å². The van der Waals surface area contributed by atoms with E-state index in [1.165, 1.54) is 0 Å². The van der Waals surface area contributed by atoms with E-state index in [2.05, 4.69) is 5.32 Å². The molecule has 148 valence electrons. The van der Waals surface area contributed by atoms with Crippen LogP contribution in [0.2, 0.25) is 0 Å². The molecule has 0 aliphatic rings. The number of carbonyl (C=O) groups excluding carboxylic acids is 2. The lowest BCUT2D eigenvalue weighted by molar-refractivity contribution is -0.138. The molecule has 0 unspecified atom stereocenters. The molecule has 0 heterocycles. The lowest BCUT2D eigenvalue weighted by atomic mass is 9.93. The van der Waals surface area contributed by atoms with Crippen molar-refractivity contribution in [3.63, 3.8) is 0 Å². The predicted octanol–water partition coefficient (Wildman–Crippen LogP) is 4.58. The zero-order valence-corrected chi connectivity index (χ0v) is 16.8. The highest BCUT2D eigenvalue weighted by atomic mass is 16.6. The average molecular weight is 381 g/mol. The quantitative estimate of drug-likeness (QED) is 0.588. The first kappa shape index (κ1) is 21.2. The van der Waals surface area contributed by atoms with Gasteiger partial charge in [-0.1, -0.05) is 60.7 Å². The van der Waals surface area contributed by atoms with Gasteiger partial charge in [0, 0.05) is 5.57 Å². The Bertz CT molecular complexity index is 779. The molecule has 0 aromatic heterocycles. The van der Waals surface area contributed by atoms with E-state index in [4.69, 9.17) is 9.47 Å². The Morgan fingerprint density at radius 3 is 1.82 bits per heavy atom. The van der Waals surface area contributed by atoms with Gasteiger partial charge in [0.15, 0.2) is 0 Å². The zero-order chi connectivity index (χ0) is 20.6. The fourth-order valence-corrected chi connectivity index (χ4v) is 2.68. The normalized spacial score (nSPS) is 10.7. The van der Waals surface area contributed by atoms with Crippen LogP contribution in [-0.2, 0) is 14.3 Å². The third-order valence-electron chi connectivity index (χ3n) is 3.76. The maximum atomic E-state index is 12.8. The van der Waals surface area contributed by atoms with E-state index in [0.717, 1.165) is 16.7 Å². The summed E-state index contributed by atoms with van der Waals surface area (Å²) in [5, 5.41) is 2.68. The van der Waals surface area contributed by atoms with Gasteiger partial charge in [0.25, 0.3) is 0 Å². The van der Waals surface area contributed by atoms with Gasteiger partial charge in [-0.2, -0.15) is 0 Å². The highest BCUT2D eigenvalue weighted by molar-refractivity contribution is 6.02. The second kappa shape index (κ2) is 9.74. The number of esters is 1. The number of carbonyl (C=O) groups is 2. The Hall–Kier alpha value is -3.08. The molecule has 0 aliphatic carbocycles. The van der Waals surface area contributed by atoms with E-state index < -0.39 is 17.7 Å². The van der Waals surface area contributed by atoms with E-state index in [1.807, 2.05) is 60.7 Å². The summed E-state index contributed by atoms with van der Waals surface area (Å²) in [6.07, 6.45) is -0.588. The largest absolute Gasteiger partial charge is 0.463 e. The second-order valence-electron chi connectivity index (χ2n) is 7.16. The Labute approximate surface area is 166 Å². The van der Waals surface area contributed by atoms with Crippen molar-refractivity contribution in [3.8, 4) is 0 Å². The molecule has 0 fully saturated rings. The molecule has 5 nitrogen and oxygen atoms in total. The van der Waals surface area contributed by atoms with Gasteiger partial charge in [-0.3, -0.25) is 0 Å². The van der Waals surface area contributed by atoms with Crippen LogP contribution >= 0.6 is 0 Å². The first-order valence-electron chi connectivity index (χ1n) is 9.29. The van der Waals surface area contributed by atoms with E-state index in [0.29, 0.717) is 5.57 Å². The average Bonchev–Trinajstić information content (AvgIpc) is 2.65. The summed E-state index contributed by atoms with van der Waals surface area (Å²) in [5.41, 5.74) is 2.19. The highest BCUT2D eigenvalue weighted by Crippen LogP contribution is 2.27. The summed E-state index contributed by atoms with van der Waals surface area (Å²) in [6.45, 7) is 7.34. The van der Waals surface area contributed by atoms with Crippen LogP contribution in [0.25, 0.3) is 5.57 Å². The van der Waals surface area contributed by atoms with Gasteiger partial charge in [-0.25, -0.2) is 9.59 Å². The van der Waals surface area contributed by atoms with Crippen molar-refractivity contribution in [2.24, 2.45) is 0 Å². The molecule has 0 atom stereocenters. The summed E-state index contributed by atoms with van der Waals surface area (Å²) in [6, 6.07) is 19.1. The van der Waals surface area contributed by atoms with E-state index in [9.17, 15) is 9.59 Å². The molecule has 0 bridgehead atoms. The van der Waals surface area contributed by atoms with E-state index >= 15 is 0 Å². The van der Waals surface area contributed by atoms with Crippen LogP contribution in [0.1, 0.15) is 38.8 Å². The van der Waals surface area contributed by atoms with Crippen LogP contribution in [0.5, 0.6) is 0 Å². The summed E-state index contributed by atoms with van der Waals surface area (Å²) in [7, 11) is 0. The Kier molecular flexibility index (Phi) is 7.38. The molecule has 2 aromatic rings. The first-order chi connectivity index (χ1) is 13.3. The van der Waals surface area contributed by atoms with Gasteiger partial charge in [0.2, 0.25) is 0 Å². The van der Waals surface area contributed by atoms with Gasteiger partial charge >= 0.3 is 12.1 Å². The van der Waals surface area contributed by atoms with Gasteiger partial charge in [0.05, 0.1) is 18.7 Å². The fourth-order valence-electron chi connectivity index (χ4n) is 2.68. The van der Waals surface area contributed by atoms with Crippen LogP contribution in [0.3, 0.4) is 0 Å². The Morgan fingerprint density at radius 1 is 0.893 bits per heavy atom. The third kappa shape index (κ3) is 6.27. The maximum absolute atomic E-state index is 12.8. The summed E-state index contributed by atoms with van der Waals surface area (Å²) < 4.78 is 10.6. The van der Waals surface area contributed by atoms with Crippen molar-refractivity contribution in [1.82, 2.24) is 5.32 Å². The zero-order valence-electron chi connectivity index (χ0n) is 16.8. The number of benzene rings is 2. The molecule has 0 saturated heterocycles. The van der Waals surface area contributed by atoms with Crippen molar-refractivity contribution in [1.29, 1.82) is 0 Å². The van der Waals surface area contributed by atoms with Gasteiger partial charge in [-0.15, -0.1) is 0 Å². The lowest BCUT2D eigenvalue weighted by Gasteiger charge is -2.21. The molecule has 5 heteroatoms. The van der Waals surface area contributed by atoms with Crippen molar-refractivity contribution in [2.45, 2.75) is 33.3 Å². The monoisotopic (exact) mass is 381 g/mol. The topological polar surface area (TPSA) is 64.6 Å². The molecule has 1 amide bonds. The molecule has 1 N–H and O–H groups in total. The lowest BCUT2D eigenvalue weighted by Crippen LogP contribution is -2.35. The first-order valence-corrected chi connectivity index (χ1v) is 9.29. The highest BCUT2D eigenvalue weighted by Gasteiger charge is 2.22. The molecule has 0 radical (unpaired) electrons. The van der Waals surface area contributed by atoms with Crippen LogP contribution < -0.4 is 5.32 Å². The smallest absolute Gasteiger partial charge is 0.407 e. The van der Waals surface area contributed by atoms with Crippen LogP contribution in [-0.4, -0.2) is 30.8 Å². The molecule has 0 spiro atoms. The number of nitrogens with one attached hydrogen (secondary N) is 1. The predicted molar refractivity (Wildman–Crippen MR) is 110 cm³/mol. The molecule has 2 aromatic carbocycles. The number of hydrogen-bond donors (Lipinski definition) is 1. The molecule has 2 rings (SSSR count). The van der Waals surface area contributed by atoms with E-state index in [-0.39, 0.29) is 13.2 Å². The minimum Gasteiger partial charge on any atom is -0.463 e. The summed E-state index contributed by atoms with van der Waals surface area (Å²) in [4.78, 5) is 24.9. The molecule has 0 saturated carbocycles. The molecular formula is C23H27NO4. The van der Waals surface area contributed by atoms with Gasteiger partial charge < -0.3 is 14.8 Å². The number of alkyl carbamates (subject to hydrolysis) is 1. The number of hydrogen-bond acceptors (Lipinski definition) is 4. The van der Waals surface area contributed by atoms with Crippen molar-refractivity contribution in [3.05, 3.63) is 77.4 Å². The maximum Gasteiger partial charge on any atom is 0.407 e. The van der Waals surface area contributed by atoms with Crippen LogP contribution in [0.15, 0.2) is 66.2 Å². The number of ether oxygens (including phenoxy) is 2. The fraction of sp³-hybridized carbons (Fsp3) is 0.304. The number of rotatable bonds is 6. The van der Waals surface area contributed by atoms with E-state index in [1.54, 1.807) is 27.7 Å². The van der Waals surface area contributed by atoms with Crippen molar-refractivity contribution >= 4 is 17.6 Å². The molecular weight excluding hydrogens is 354 g/mol.